The summed E-state index contributed by atoms with van der Waals surface area (Å²) >= 11 is 0. The number of hydrogen-bond donors (Lipinski definition) is 7. The number of nitrogens with zero attached hydrogens (tertiary/aromatic N) is 4. The summed E-state index contributed by atoms with van der Waals surface area (Å²) in [7, 11) is 0. The van der Waals surface area contributed by atoms with Crippen molar-refractivity contribution in [1.29, 1.82) is 0 Å². The maximum absolute atomic E-state index is 13.5. The molecule has 0 radical (unpaired) electrons. The molecule has 1 saturated heterocycles. The van der Waals surface area contributed by atoms with Gasteiger partial charge in [0.05, 0.1) is 4.92 Å². The van der Waals surface area contributed by atoms with E-state index < -0.39 is 65.2 Å². The summed E-state index contributed by atoms with van der Waals surface area (Å²) in [6.07, 6.45) is 1.40. The van der Waals surface area contributed by atoms with E-state index in [1.54, 1.807) is 12.1 Å². The van der Waals surface area contributed by atoms with Crippen molar-refractivity contribution in [3.8, 4) is 5.75 Å². The molecule has 1 heterocycles. The summed E-state index contributed by atoms with van der Waals surface area (Å²) < 4.78 is 0. The summed E-state index contributed by atoms with van der Waals surface area (Å²) in [5.74, 6) is -3.49. The van der Waals surface area contributed by atoms with Crippen LogP contribution in [0, 0.1) is 10.1 Å². The maximum atomic E-state index is 13.5. The van der Waals surface area contributed by atoms with Gasteiger partial charge in [0.25, 0.3) is 11.6 Å². The summed E-state index contributed by atoms with van der Waals surface area (Å²) in [6.45, 7) is -0.221. The first-order chi connectivity index (χ1) is 23.2. The van der Waals surface area contributed by atoms with Crippen LogP contribution in [0.1, 0.15) is 36.8 Å². The second kappa shape index (κ2) is 17.9. The Hall–Kier alpha value is -5.78. The quantitative estimate of drug-likeness (QED) is 0.0291. The number of quaternary nitrogens is 1. The molecule has 0 spiro atoms. The second-order valence-corrected chi connectivity index (χ2v) is 11.6. The number of primary amides is 1. The van der Waals surface area contributed by atoms with E-state index in [9.17, 15) is 39.5 Å². The molecule has 1 aliphatic rings. The van der Waals surface area contributed by atoms with Crippen molar-refractivity contribution in [2.24, 2.45) is 27.2 Å². The van der Waals surface area contributed by atoms with E-state index in [2.05, 4.69) is 26.4 Å². The highest BCUT2D eigenvalue weighted by Crippen LogP contribution is 2.21. The van der Waals surface area contributed by atoms with Crippen molar-refractivity contribution < 1.29 is 40.0 Å². The van der Waals surface area contributed by atoms with Gasteiger partial charge in [0.2, 0.25) is 17.7 Å². The lowest BCUT2D eigenvalue weighted by atomic mass is 10.0. The Morgan fingerprint density at radius 1 is 1.02 bits per heavy atom. The van der Waals surface area contributed by atoms with Crippen LogP contribution in [0.3, 0.4) is 0 Å². The first kappa shape index (κ1) is 37.7. The number of amides is 4. The average molecular weight is 683 g/mol. The Labute approximate surface area is 281 Å². The molecule has 0 unspecified atom stereocenters. The molecule has 0 bridgehead atoms. The largest absolute Gasteiger partial charge is 0.861 e. The molecule has 3 rings (SSSR count). The van der Waals surface area contributed by atoms with Crippen molar-refractivity contribution >= 4 is 41.2 Å². The van der Waals surface area contributed by atoms with E-state index in [0.717, 1.165) is 5.56 Å². The second-order valence-electron chi connectivity index (χ2n) is 11.6. The lowest BCUT2D eigenvalue weighted by Crippen LogP contribution is -2.69. The van der Waals surface area contributed by atoms with Gasteiger partial charge in [-0.05, 0) is 54.8 Å². The number of carbonyl (C=O) groups is 4. The molecule has 264 valence electrons. The van der Waals surface area contributed by atoms with E-state index >= 15 is 0 Å². The number of nitrogens with one attached hydrogen (secondary N) is 2. The predicted octanol–water partition coefficient (Wildman–Crippen LogP) is -3.05. The zero-order chi connectivity index (χ0) is 36.1. The highest BCUT2D eigenvalue weighted by molar-refractivity contribution is 5.93. The number of aromatic hydroxyl groups is 1. The first-order valence-corrected chi connectivity index (χ1v) is 15.6. The zero-order valence-corrected chi connectivity index (χ0v) is 26.8. The molecule has 4 atom stereocenters. The molecule has 12 N–H and O–H groups in total. The van der Waals surface area contributed by atoms with Crippen molar-refractivity contribution in [3.63, 3.8) is 0 Å². The number of nitro groups is 1. The number of non-ortho nitro benzene ring substituents is 1. The van der Waals surface area contributed by atoms with E-state index in [-0.39, 0.29) is 49.7 Å². The molecule has 1 fully saturated rings. The van der Waals surface area contributed by atoms with Crippen LogP contribution >= 0.6 is 0 Å². The van der Waals surface area contributed by atoms with Crippen molar-refractivity contribution in [2.45, 2.75) is 62.7 Å². The minimum absolute atomic E-state index is 0.0699. The van der Waals surface area contributed by atoms with Gasteiger partial charge in [-0.1, -0.05) is 24.3 Å². The van der Waals surface area contributed by atoms with Crippen molar-refractivity contribution in [2.75, 3.05) is 19.6 Å². The molecule has 18 heteroatoms. The molecule has 4 amide bonds. The third kappa shape index (κ3) is 11.8. The fourth-order valence-corrected chi connectivity index (χ4v) is 5.26. The molecule has 1 aliphatic heterocycles. The Morgan fingerprint density at radius 2 is 1.65 bits per heavy atom. The number of likely N-dealkylation sites (tertiary alicyclic amines) is 1. The molecular weight excluding hydrogens is 640 g/mol. The van der Waals surface area contributed by atoms with Crippen LogP contribution in [0.15, 0.2) is 58.5 Å². The number of benzene rings is 2. The number of guanidine groups is 1. The minimum atomic E-state index is -1.31. The maximum Gasteiger partial charge on any atom is 0.279 e. The molecule has 0 aromatic heterocycles. The van der Waals surface area contributed by atoms with Crippen molar-refractivity contribution in [1.82, 2.24) is 15.5 Å². The van der Waals surface area contributed by atoms with E-state index in [1.165, 1.54) is 41.3 Å². The number of carbonyl (C=O) groups excluding carboxylic acids is 4. The standard InChI is InChI=1S/C31H42N10O8/c32-22(15-18-7-11-21(42)12-8-18)28(45)39-23(3-1-13-36-31(34)35)29(46)37-17-26(43)38-24(16-19-5-9-20(10-6-19)41(48)49)30(47)40-14-2-4-25(40)27(33)44/h5-12,22-25,42H,1-4,13-17,32H2,(H2,33,44)(H,37,46)(H,38,43)(H,39,45)(H4,34,35,36)/t22-,23+,24+,25+/m1/s1. The van der Waals surface area contributed by atoms with Gasteiger partial charge in [-0.25, -0.2) is 0 Å². The van der Waals surface area contributed by atoms with Crippen LogP contribution in [0.5, 0.6) is 5.75 Å². The van der Waals surface area contributed by atoms with Gasteiger partial charge in [0, 0.05) is 44.6 Å². The molecular formula is C31H42N10O8. The van der Waals surface area contributed by atoms with Crippen LogP contribution < -0.4 is 38.7 Å². The lowest BCUT2D eigenvalue weighted by molar-refractivity contribution is -0.403. The highest BCUT2D eigenvalue weighted by Gasteiger charge is 2.36. The fourth-order valence-electron chi connectivity index (χ4n) is 5.26. The van der Waals surface area contributed by atoms with Gasteiger partial charge in [-0.3, -0.25) is 39.3 Å². The Bertz CT molecular complexity index is 1540. The van der Waals surface area contributed by atoms with Gasteiger partial charge in [-0.15, -0.1) is 0 Å². The van der Waals surface area contributed by atoms with Gasteiger partial charge in [0.15, 0.2) is 12.0 Å². The number of aliphatic imine (C=N–C) groups is 2. The number of hydrogen-bond acceptors (Lipinski definition) is 10. The SMILES string of the molecule is NC(=O)[C@@H]1CCCN1C(=O)[C@H](Cc1ccc([N+](=O)[O-])cc1)N=C([O-])CNC(=O)[C@H](CCCN=C(N)N)NC(=O)[C@H]([NH3+])Cc1ccc(O)cc1. The van der Waals surface area contributed by atoms with Crippen LogP contribution in [-0.2, 0) is 32.0 Å². The van der Waals surface area contributed by atoms with Crippen LogP contribution in [0.4, 0.5) is 5.69 Å². The average Bonchev–Trinajstić information content (AvgIpc) is 3.56. The third-order valence-electron chi connectivity index (χ3n) is 7.81. The van der Waals surface area contributed by atoms with Gasteiger partial charge in [0.1, 0.15) is 23.9 Å². The smallest absolute Gasteiger partial charge is 0.279 e. The topological polar surface area (TPSA) is 312 Å². The van der Waals surface area contributed by atoms with Gasteiger partial charge < -0.3 is 48.7 Å². The minimum Gasteiger partial charge on any atom is -0.861 e. The van der Waals surface area contributed by atoms with E-state index in [1.807, 2.05) is 0 Å². The predicted molar refractivity (Wildman–Crippen MR) is 175 cm³/mol. The molecule has 0 aliphatic carbocycles. The van der Waals surface area contributed by atoms with Crippen LogP contribution in [-0.4, -0.2) is 94.2 Å². The summed E-state index contributed by atoms with van der Waals surface area (Å²) in [5.41, 5.74) is 21.2. The Balaban J connectivity index is 1.74. The number of phenolic OH excluding ortho intramolecular Hbond substituents is 1. The summed E-state index contributed by atoms with van der Waals surface area (Å²) in [4.78, 5) is 71.4. The van der Waals surface area contributed by atoms with Gasteiger partial charge in [-0.2, -0.15) is 0 Å². The summed E-state index contributed by atoms with van der Waals surface area (Å²) in [6, 6.07) is 7.55. The molecule has 2 aromatic carbocycles. The number of nitrogens with two attached hydrogens (primary N) is 3. The zero-order valence-electron chi connectivity index (χ0n) is 26.8. The van der Waals surface area contributed by atoms with E-state index in [0.29, 0.717) is 24.8 Å². The molecule has 49 heavy (non-hydrogen) atoms. The number of rotatable bonds is 17. The molecule has 18 nitrogen and oxygen atoms in total. The first-order valence-electron chi connectivity index (χ1n) is 15.6. The molecule has 0 saturated carbocycles. The van der Waals surface area contributed by atoms with Crippen LogP contribution in [0.25, 0.3) is 0 Å². The van der Waals surface area contributed by atoms with Crippen LogP contribution in [0.2, 0.25) is 0 Å². The third-order valence-corrected chi connectivity index (χ3v) is 7.81. The molecule has 2 aromatic rings. The monoisotopic (exact) mass is 682 g/mol. The Morgan fingerprint density at radius 3 is 2.27 bits per heavy atom. The highest BCUT2D eigenvalue weighted by atomic mass is 16.6. The normalized spacial score (nSPS) is 16.2. The number of phenols is 1. The summed E-state index contributed by atoms with van der Waals surface area (Å²) in [5, 5.41) is 38.7. The lowest BCUT2D eigenvalue weighted by Gasteiger charge is -2.27. The fraction of sp³-hybridized carbons (Fsp3) is 0.419. The Kier molecular flexibility index (Phi) is 13.8. The number of nitro benzene ring substituents is 1. The van der Waals surface area contributed by atoms with Gasteiger partial charge >= 0.3 is 0 Å². The van der Waals surface area contributed by atoms with E-state index in [4.69, 9.17) is 17.2 Å². The van der Waals surface area contributed by atoms with Crippen molar-refractivity contribution in [3.05, 3.63) is 69.8 Å².